The van der Waals surface area contributed by atoms with Crippen LogP contribution in [-0.2, 0) is 4.79 Å². The highest BCUT2D eigenvalue weighted by atomic mass is 19.1. The van der Waals surface area contributed by atoms with Crippen molar-refractivity contribution in [2.45, 2.75) is 52.6 Å². The molecule has 1 unspecified atom stereocenters. The van der Waals surface area contributed by atoms with Gasteiger partial charge in [0.25, 0.3) is 0 Å². The number of ether oxygens (including phenoxy) is 2. The van der Waals surface area contributed by atoms with Crippen molar-refractivity contribution in [1.82, 2.24) is 0 Å². The molecule has 0 radical (unpaired) electrons. The highest BCUT2D eigenvalue weighted by Gasteiger charge is 2.20. The zero-order valence-electron chi connectivity index (χ0n) is 16.4. The van der Waals surface area contributed by atoms with Crippen molar-refractivity contribution in [3.8, 4) is 22.6 Å². The second-order valence-corrected chi connectivity index (χ2v) is 7.12. The fourth-order valence-corrected chi connectivity index (χ4v) is 2.69. The summed E-state index contributed by atoms with van der Waals surface area (Å²) < 4.78 is 24.6. The minimum atomic E-state index is -1.59. The van der Waals surface area contributed by atoms with Gasteiger partial charge >= 0.3 is 5.97 Å². The number of rotatable bonds is 10. The van der Waals surface area contributed by atoms with Crippen molar-refractivity contribution in [3.63, 3.8) is 0 Å². The average molecular weight is 372 g/mol. The van der Waals surface area contributed by atoms with Gasteiger partial charge in [-0.3, -0.25) is 0 Å². The molecule has 146 valence electrons. The van der Waals surface area contributed by atoms with Gasteiger partial charge in [-0.2, -0.15) is 0 Å². The lowest BCUT2D eigenvalue weighted by Gasteiger charge is -2.11. The Bertz CT molecular complexity index is 693. The first-order valence-corrected chi connectivity index (χ1v) is 9.68. The van der Waals surface area contributed by atoms with Crippen molar-refractivity contribution in [2.24, 2.45) is 5.92 Å². The monoisotopic (exact) mass is 372 g/mol. The van der Waals surface area contributed by atoms with Gasteiger partial charge in [0.2, 0.25) is 0 Å². The van der Waals surface area contributed by atoms with Gasteiger partial charge in [0.05, 0.1) is 6.61 Å². The summed E-state index contributed by atoms with van der Waals surface area (Å²) in [5, 5.41) is 0. The first-order chi connectivity index (χ1) is 13.0. The molecule has 0 spiro atoms. The van der Waals surface area contributed by atoms with Gasteiger partial charge in [-0.15, -0.1) is 0 Å². The second-order valence-electron chi connectivity index (χ2n) is 7.12. The molecule has 0 bridgehead atoms. The van der Waals surface area contributed by atoms with Crippen LogP contribution in [0.2, 0.25) is 0 Å². The number of unbranched alkanes of at least 4 members (excludes halogenated alkanes) is 2. The SMILES string of the molecule is CCCCCOc1ccc(-c2ccc(OC(=O)C(F)CC(C)C)cc2)cc1. The van der Waals surface area contributed by atoms with Gasteiger partial charge in [-0.05, 0) is 54.2 Å². The quantitative estimate of drug-likeness (QED) is 0.282. The Morgan fingerprint density at radius 3 is 2.00 bits per heavy atom. The first-order valence-electron chi connectivity index (χ1n) is 9.68. The van der Waals surface area contributed by atoms with Crippen LogP contribution in [0.4, 0.5) is 4.39 Å². The number of halogens is 1. The molecule has 3 nitrogen and oxygen atoms in total. The van der Waals surface area contributed by atoms with E-state index in [9.17, 15) is 9.18 Å². The second kappa shape index (κ2) is 10.7. The van der Waals surface area contributed by atoms with Crippen molar-refractivity contribution in [2.75, 3.05) is 6.61 Å². The Morgan fingerprint density at radius 1 is 0.926 bits per heavy atom. The maximum Gasteiger partial charge on any atom is 0.346 e. The molecule has 0 N–H and O–H groups in total. The Hall–Kier alpha value is -2.36. The number of benzene rings is 2. The van der Waals surface area contributed by atoms with E-state index in [0.717, 1.165) is 29.9 Å². The Morgan fingerprint density at radius 2 is 1.48 bits per heavy atom. The first kappa shape index (κ1) is 20.9. The van der Waals surface area contributed by atoms with E-state index < -0.39 is 12.1 Å². The standard InChI is InChI=1S/C23H29FO3/c1-4-5-6-15-26-20-11-7-18(8-12-20)19-9-13-21(14-10-19)27-23(25)22(24)16-17(2)3/h7-14,17,22H,4-6,15-16H2,1-3H3. The number of carbonyl (C=O) groups excluding carboxylic acids is 1. The number of hydrogen-bond acceptors (Lipinski definition) is 3. The maximum atomic E-state index is 13.8. The molecular formula is C23H29FO3. The van der Waals surface area contributed by atoms with E-state index in [-0.39, 0.29) is 12.3 Å². The summed E-state index contributed by atoms with van der Waals surface area (Å²) in [5.74, 6) is 0.486. The topological polar surface area (TPSA) is 35.5 Å². The molecule has 0 saturated heterocycles. The molecule has 2 rings (SSSR count). The molecular weight excluding hydrogens is 343 g/mol. The summed E-state index contributed by atoms with van der Waals surface area (Å²) in [6.45, 7) is 6.65. The predicted molar refractivity (Wildman–Crippen MR) is 107 cm³/mol. The smallest absolute Gasteiger partial charge is 0.346 e. The summed E-state index contributed by atoms with van der Waals surface area (Å²) in [7, 11) is 0. The van der Waals surface area contributed by atoms with Gasteiger partial charge in [-0.25, -0.2) is 9.18 Å². The molecule has 0 fully saturated rings. The normalized spacial score (nSPS) is 12.0. The lowest BCUT2D eigenvalue weighted by Crippen LogP contribution is -2.23. The fourth-order valence-electron chi connectivity index (χ4n) is 2.69. The van der Waals surface area contributed by atoms with Crippen LogP contribution >= 0.6 is 0 Å². The van der Waals surface area contributed by atoms with Crippen LogP contribution < -0.4 is 9.47 Å². The lowest BCUT2D eigenvalue weighted by atomic mass is 10.1. The van der Waals surface area contributed by atoms with Crippen molar-refractivity contribution >= 4 is 5.97 Å². The molecule has 2 aromatic rings. The Labute approximate surface area is 161 Å². The summed E-state index contributed by atoms with van der Waals surface area (Å²) in [6, 6.07) is 15.0. The summed E-state index contributed by atoms with van der Waals surface area (Å²) in [6.07, 6.45) is 2.00. The highest BCUT2D eigenvalue weighted by Crippen LogP contribution is 2.25. The van der Waals surface area contributed by atoms with Crippen LogP contribution in [0.5, 0.6) is 11.5 Å². The van der Waals surface area contributed by atoms with Crippen molar-refractivity contribution in [1.29, 1.82) is 0 Å². The van der Waals surface area contributed by atoms with Gasteiger partial charge in [0.1, 0.15) is 11.5 Å². The molecule has 0 aliphatic rings. The molecule has 0 aliphatic carbocycles. The minimum Gasteiger partial charge on any atom is -0.494 e. The number of carbonyl (C=O) groups is 1. The summed E-state index contributed by atoms with van der Waals surface area (Å²) in [5.41, 5.74) is 2.03. The predicted octanol–water partition coefficient (Wildman–Crippen LogP) is 6.21. The van der Waals surface area contributed by atoms with Crippen molar-refractivity contribution in [3.05, 3.63) is 48.5 Å². The van der Waals surface area contributed by atoms with E-state index in [0.29, 0.717) is 5.75 Å². The summed E-state index contributed by atoms with van der Waals surface area (Å²) >= 11 is 0. The van der Waals surface area contributed by atoms with Crippen LogP contribution in [-0.4, -0.2) is 18.7 Å². The Balaban J connectivity index is 1.91. The van der Waals surface area contributed by atoms with Crippen molar-refractivity contribution < 1.29 is 18.7 Å². The van der Waals surface area contributed by atoms with Crippen LogP contribution in [0.3, 0.4) is 0 Å². The molecule has 0 aliphatic heterocycles. The van der Waals surface area contributed by atoms with E-state index in [2.05, 4.69) is 6.92 Å². The third kappa shape index (κ3) is 7.05. The maximum absolute atomic E-state index is 13.8. The van der Waals surface area contributed by atoms with E-state index >= 15 is 0 Å². The molecule has 0 amide bonds. The molecule has 0 aromatic heterocycles. The average Bonchev–Trinajstić information content (AvgIpc) is 2.66. The van der Waals surface area contributed by atoms with Gasteiger partial charge in [-0.1, -0.05) is 57.9 Å². The van der Waals surface area contributed by atoms with E-state index in [1.54, 1.807) is 12.1 Å². The third-order valence-corrected chi connectivity index (χ3v) is 4.21. The van der Waals surface area contributed by atoms with Crippen LogP contribution in [0.15, 0.2) is 48.5 Å². The highest BCUT2D eigenvalue weighted by molar-refractivity contribution is 5.77. The fraction of sp³-hybridized carbons (Fsp3) is 0.435. The van der Waals surface area contributed by atoms with Crippen LogP contribution in [0.1, 0.15) is 46.5 Å². The number of hydrogen-bond donors (Lipinski definition) is 0. The largest absolute Gasteiger partial charge is 0.494 e. The van der Waals surface area contributed by atoms with Crippen LogP contribution in [0.25, 0.3) is 11.1 Å². The molecule has 27 heavy (non-hydrogen) atoms. The summed E-state index contributed by atoms with van der Waals surface area (Å²) in [4.78, 5) is 11.8. The van der Waals surface area contributed by atoms with E-state index in [1.165, 1.54) is 12.8 Å². The van der Waals surface area contributed by atoms with Gasteiger partial charge < -0.3 is 9.47 Å². The van der Waals surface area contributed by atoms with E-state index in [1.807, 2.05) is 50.2 Å². The molecule has 1 atom stereocenters. The number of alkyl halides is 1. The zero-order chi connectivity index (χ0) is 19.6. The molecule has 2 aromatic carbocycles. The lowest BCUT2D eigenvalue weighted by molar-refractivity contribution is -0.140. The number of esters is 1. The van der Waals surface area contributed by atoms with Crippen LogP contribution in [0, 0.1) is 5.92 Å². The molecule has 4 heteroatoms. The molecule has 0 heterocycles. The third-order valence-electron chi connectivity index (χ3n) is 4.21. The molecule has 0 saturated carbocycles. The zero-order valence-corrected chi connectivity index (χ0v) is 16.4. The van der Waals surface area contributed by atoms with E-state index in [4.69, 9.17) is 9.47 Å². The minimum absolute atomic E-state index is 0.105. The van der Waals surface area contributed by atoms with Gasteiger partial charge in [0, 0.05) is 0 Å². The van der Waals surface area contributed by atoms with Gasteiger partial charge in [0.15, 0.2) is 6.17 Å². The Kier molecular flexibility index (Phi) is 8.31.